The molecular weight excluding hydrogens is 358 g/mol. The molecule has 1 atom stereocenters. The van der Waals surface area contributed by atoms with E-state index in [-0.39, 0.29) is 36.8 Å². The predicted molar refractivity (Wildman–Crippen MR) is 89.9 cm³/mol. The quantitative estimate of drug-likeness (QED) is 0.676. The molecule has 0 saturated carbocycles. The number of benzene rings is 1. The minimum atomic E-state index is -0.263. The van der Waals surface area contributed by atoms with Crippen LogP contribution in [-0.2, 0) is 4.79 Å². The molecule has 1 aromatic rings. The maximum atomic E-state index is 11.8. The Balaban J connectivity index is 0.00000400. The molecule has 0 radical (unpaired) electrons. The highest BCUT2D eigenvalue weighted by Gasteiger charge is 2.09. The normalized spacial score (nSPS) is 11.2. The van der Waals surface area contributed by atoms with Gasteiger partial charge in [0.05, 0.1) is 6.54 Å². The van der Waals surface area contributed by atoms with E-state index in [1.165, 1.54) is 0 Å². The van der Waals surface area contributed by atoms with Crippen LogP contribution in [0.3, 0.4) is 0 Å². The number of hydrogen-bond donors (Lipinski definition) is 3. The van der Waals surface area contributed by atoms with Crippen LogP contribution in [0.25, 0.3) is 0 Å². The summed E-state index contributed by atoms with van der Waals surface area (Å²) in [7, 11) is 0. The third-order valence-corrected chi connectivity index (χ3v) is 3.15. The van der Waals surface area contributed by atoms with E-state index in [0.29, 0.717) is 12.1 Å². The van der Waals surface area contributed by atoms with Crippen molar-refractivity contribution in [2.75, 3.05) is 19.6 Å². The number of amides is 2. The van der Waals surface area contributed by atoms with Crippen molar-refractivity contribution in [1.82, 2.24) is 16.0 Å². The van der Waals surface area contributed by atoms with E-state index in [1.807, 2.05) is 19.9 Å². The second-order valence-corrected chi connectivity index (χ2v) is 5.37. The molecule has 1 aromatic carbocycles. The van der Waals surface area contributed by atoms with Gasteiger partial charge in [-0.25, -0.2) is 0 Å². The molecule has 0 aliphatic rings. The van der Waals surface area contributed by atoms with E-state index in [1.54, 1.807) is 18.2 Å². The maximum Gasteiger partial charge on any atom is 0.251 e. The van der Waals surface area contributed by atoms with Crippen LogP contribution in [0, 0.1) is 0 Å². The lowest BCUT2D eigenvalue weighted by atomic mass is 10.2. The highest BCUT2D eigenvalue weighted by atomic mass is 79.9. The van der Waals surface area contributed by atoms with E-state index >= 15 is 0 Å². The summed E-state index contributed by atoms with van der Waals surface area (Å²) in [5.74, 6) is -0.459. The van der Waals surface area contributed by atoms with Crippen LogP contribution in [0.1, 0.15) is 24.2 Å². The number of halogens is 2. The summed E-state index contributed by atoms with van der Waals surface area (Å²) in [6.07, 6.45) is 0. The largest absolute Gasteiger partial charge is 0.353 e. The van der Waals surface area contributed by atoms with Gasteiger partial charge in [-0.1, -0.05) is 28.9 Å². The molecule has 7 heteroatoms. The zero-order chi connectivity index (χ0) is 15.0. The maximum absolute atomic E-state index is 11.8. The second kappa shape index (κ2) is 10.6. The first-order chi connectivity index (χ1) is 9.52. The number of carbonyl (C=O) groups is 2. The molecule has 5 nitrogen and oxygen atoms in total. The minimum absolute atomic E-state index is 0. The van der Waals surface area contributed by atoms with E-state index in [2.05, 4.69) is 31.9 Å². The molecule has 0 aliphatic carbocycles. The molecule has 0 spiro atoms. The fourth-order valence-electron chi connectivity index (χ4n) is 1.64. The van der Waals surface area contributed by atoms with Crippen molar-refractivity contribution < 1.29 is 9.59 Å². The Morgan fingerprint density at radius 3 is 2.62 bits per heavy atom. The van der Waals surface area contributed by atoms with E-state index < -0.39 is 0 Å². The summed E-state index contributed by atoms with van der Waals surface area (Å²) in [5.41, 5.74) is 0.521. The van der Waals surface area contributed by atoms with Gasteiger partial charge in [0, 0.05) is 22.6 Å². The fraction of sp³-hybridized carbons (Fsp3) is 0.429. The zero-order valence-electron chi connectivity index (χ0n) is 12.1. The first-order valence-electron chi connectivity index (χ1n) is 6.56. The third-order valence-electron chi connectivity index (χ3n) is 2.65. The standard InChI is InChI=1S/C14H20BrN3O2.ClH/c1-3-16-10(2)8-17-13(19)9-18-14(20)11-5-4-6-12(15)7-11;/h4-7,10,16H,3,8-9H2,1-2H3,(H,17,19)(H,18,20);1H/t10-;/m1./s1. The van der Waals surface area contributed by atoms with Crippen LogP contribution in [0.4, 0.5) is 0 Å². The highest BCUT2D eigenvalue weighted by Crippen LogP contribution is 2.11. The summed E-state index contributed by atoms with van der Waals surface area (Å²) < 4.78 is 0.828. The predicted octanol–water partition coefficient (Wildman–Crippen LogP) is 1.71. The fourth-order valence-corrected chi connectivity index (χ4v) is 2.04. The van der Waals surface area contributed by atoms with Gasteiger partial charge in [-0.3, -0.25) is 9.59 Å². The molecule has 0 bridgehead atoms. The summed E-state index contributed by atoms with van der Waals surface area (Å²) in [6.45, 7) is 5.38. The summed E-state index contributed by atoms with van der Waals surface area (Å²) in [5, 5.41) is 8.54. The number of hydrogen-bond acceptors (Lipinski definition) is 3. The zero-order valence-corrected chi connectivity index (χ0v) is 14.5. The average molecular weight is 379 g/mol. The molecule has 0 unspecified atom stereocenters. The Morgan fingerprint density at radius 1 is 1.29 bits per heavy atom. The van der Waals surface area contributed by atoms with Crippen LogP contribution in [0.2, 0.25) is 0 Å². The van der Waals surface area contributed by atoms with Gasteiger partial charge in [-0.05, 0) is 31.7 Å². The van der Waals surface area contributed by atoms with Gasteiger partial charge in [-0.2, -0.15) is 0 Å². The Hall–Kier alpha value is -1.11. The highest BCUT2D eigenvalue weighted by molar-refractivity contribution is 9.10. The van der Waals surface area contributed by atoms with Gasteiger partial charge in [0.1, 0.15) is 0 Å². The van der Waals surface area contributed by atoms with Crippen LogP contribution in [0.5, 0.6) is 0 Å². The van der Waals surface area contributed by atoms with Crippen molar-refractivity contribution in [3.8, 4) is 0 Å². The molecule has 0 aromatic heterocycles. The SMILES string of the molecule is CCN[C@H](C)CNC(=O)CNC(=O)c1cccc(Br)c1.Cl. The topological polar surface area (TPSA) is 70.2 Å². The van der Waals surface area contributed by atoms with Gasteiger partial charge < -0.3 is 16.0 Å². The number of carbonyl (C=O) groups excluding carboxylic acids is 2. The number of likely N-dealkylation sites (N-methyl/N-ethyl adjacent to an activating group) is 1. The molecule has 21 heavy (non-hydrogen) atoms. The van der Waals surface area contributed by atoms with Crippen LogP contribution < -0.4 is 16.0 Å². The molecule has 0 saturated heterocycles. The number of nitrogens with one attached hydrogen (secondary N) is 3. The molecule has 118 valence electrons. The second-order valence-electron chi connectivity index (χ2n) is 4.46. The average Bonchev–Trinajstić information content (AvgIpc) is 2.43. The van der Waals surface area contributed by atoms with Crippen molar-refractivity contribution in [3.05, 3.63) is 34.3 Å². The first-order valence-corrected chi connectivity index (χ1v) is 7.36. The van der Waals surface area contributed by atoms with Gasteiger partial charge in [0.25, 0.3) is 5.91 Å². The van der Waals surface area contributed by atoms with Gasteiger partial charge in [0.15, 0.2) is 0 Å². The lowest BCUT2D eigenvalue weighted by Crippen LogP contribution is -2.43. The summed E-state index contributed by atoms with van der Waals surface area (Å²) in [4.78, 5) is 23.4. The summed E-state index contributed by atoms with van der Waals surface area (Å²) >= 11 is 3.30. The van der Waals surface area contributed by atoms with Crippen molar-refractivity contribution in [1.29, 1.82) is 0 Å². The lowest BCUT2D eigenvalue weighted by Gasteiger charge is -2.13. The third kappa shape index (κ3) is 8.04. The van der Waals surface area contributed by atoms with Gasteiger partial charge in [-0.15, -0.1) is 12.4 Å². The monoisotopic (exact) mass is 377 g/mol. The molecular formula is C14H21BrClN3O2. The minimum Gasteiger partial charge on any atom is -0.353 e. The Morgan fingerprint density at radius 2 is 2.00 bits per heavy atom. The van der Waals surface area contributed by atoms with Crippen molar-refractivity contribution in [3.63, 3.8) is 0 Å². The van der Waals surface area contributed by atoms with E-state index in [0.717, 1.165) is 11.0 Å². The van der Waals surface area contributed by atoms with Crippen LogP contribution in [0.15, 0.2) is 28.7 Å². The molecule has 0 fully saturated rings. The smallest absolute Gasteiger partial charge is 0.251 e. The molecule has 3 N–H and O–H groups in total. The van der Waals surface area contributed by atoms with Crippen molar-refractivity contribution in [2.45, 2.75) is 19.9 Å². The Bertz CT molecular complexity index is 471. The van der Waals surface area contributed by atoms with Crippen molar-refractivity contribution >= 4 is 40.2 Å². The lowest BCUT2D eigenvalue weighted by molar-refractivity contribution is -0.120. The van der Waals surface area contributed by atoms with Gasteiger partial charge >= 0.3 is 0 Å². The van der Waals surface area contributed by atoms with Crippen LogP contribution in [-0.4, -0.2) is 37.5 Å². The first kappa shape index (κ1) is 19.9. The van der Waals surface area contributed by atoms with E-state index in [4.69, 9.17) is 0 Å². The van der Waals surface area contributed by atoms with Gasteiger partial charge in [0.2, 0.25) is 5.91 Å². The Kier molecular flexibility index (Phi) is 10.0. The molecule has 0 aliphatic heterocycles. The molecule has 2 amide bonds. The number of rotatable bonds is 7. The van der Waals surface area contributed by atoms with Crippen LogP contribution >= 0.6 is 28.3 Å². The van der Waals surface area contributed by atoms with E-state index in [9.17, 15) is 9.59 Å². The Labute approximate surface area is 139 Å². The molecule has 1 rings (SSSR count). The molecule has 0 heterocycles. The van der Waals surface area contributed by atoms with Crippen molar-refractivity contribution in [2.24, 2.45) is 0 Å². The summed E-state index contributed by atoms with van der Waals surface area (Å²) in [6, 6.07) is 7.24.